The van der Waals surface area contributed by atoms with Crippen LogP contribution in [0.1, 0.15) is 22.7 Å². The largest absolute Gasteiger partial charge is 0.297 e. The molecule has 0 amide bonds. The minimum Gasteiger partial charge on any atom is -0.297 e. The Morgan fingerprint density at radius 3 is 2.05 bits per heavy atom. The number of aromatic nitrogens is 2. The van der Waals surface area contributed by atoms with Crippen LogP contribution in [0, 0.1) is 5.82 Å². The number of rotatable bonds is 7. The van der Waals surface area contributed by atoms with Crippen LogP contribution < -0.4 is 0 Å². The molecule has 0 bridgehead atoms. The lowest BCUT2D eigenvalue weighted by atomic mass is 9.94. The standard InChI is InChI=1S/C33H31FN4/c34-32-16-15-29(21-31(32)28-13-11-27(12-14-28)26-9-5-2-6-10-26)33(30-22-35-36-23-30)38-19-17-37(18-20-38)24-25-7-3-1-4-8-25/h1-16,21-23,33H,17-20,24H2,(H,35,36). The predicted octanol–water partition coefficient (Wildman–Crippen LogP) is 6.79. The molecule has 1 unspecified atom stereocenters. The highest BCUT2D eigenvalue weighted by molar-refractivity contribution is 5.71. The quantitative estimate of drug-likeness (QED) is 0.266. The van der Waals surface area contributed by atoms with Crippen molar-refractivity contribution in [3.05, 3.63) is 138 Å². The van der Waals surface area contributed by atoms with Crippen LogP contribution in [-0.4, -0.2) is 46.2 Å². The lowest BCUT2D eigenvalue weighted by molar-refractivity contribution is 0.105. The van der Waals surface area contributed by atoms with Gasteiger partial charge in [0.05, 0.1) is 12.2 Å². The van der Waals surface area contributed by atoms with Crippen LogP contribution >= 0.6 is 0 Å². The Morgan fingerprint density at radius 1 is 0.711 bits per heavy atom. The molecule has 2 heterocycles. The molecule has 1 atom stereocenters. The molecule has 1 aliphatic rings. The third-order valence-electron chi connectivity index (χ3n) is 7.47. The molecule has 0 aliphatic carbocycles. The van der Waals surface area contributed by atoms with E-state index in [1.165, 1.54) is 5.56 Å². The highest BCUT2D eigenvalue weighted by atomic mass is 19.1. The monoisotopic (exact) mass is 502 g/mol. The highest BCUT2D eigenvalue weighted by Gasteiger charge is 2.28. The van der Waals surface area contributed by atoms with Crippen molar-refractivity contribution in [1.29, 1.82) is 0 Å². The molecule has 5 heteroatoms. The molecule has 1 fully saturated rings. The summed E-state index contributed by atoms with van der Waals surface area (Å²) in [6.07, 6.45) is 3.84. The number of nitrogens with one attached hydrogen (secondary N) is 1. The molecule has 5 aromatic rings. The lowest BCUT2D eigenvalue weighted by Crippen LogP contribution is -2.47. The summed E-state index contributed by atoms with van der Waals surface area (Å²) in [6, 6.07) is 34.6. The number of piperazine rings is 1. The summed E-state index contributed by atoms with van der Waals surface area (Å²) in [5, 5.41) is 7.21. The van der Waals surface area contributed by atoms with Crippen LogP contribution in [-0.2, 0) is 6.54 Å². The van der Waals surface area contributed by atoms with Gasteiger partial charge in [0.2, 0.25) is 0 Å². The van der Waals surface area contributed by atoms with E-state index >= 15 is 4.39 Å². The third kappa shape index (κ3) is 5.30. The van der Waals surface area contributed by atoms with Gasteiger partial charge in [0.25, 0.3) is 0 Å². The average Bonchev–Trinajstić information content (AvgIpc) is 3.51. The van der Waals surface area contributed by atoms with Crippen molar-refractivity contribution in [3.8, 4) is 22.3 Å². The van der Waals surface area contributed by atoms with Crippen LogP contribution in [0.2, 0.25) is 0 Å². The zero-order chi connectivity index (χ0) is 25.7. The van der Waals surface area contributed by atoms with Crippen LogP contribution in [0.4, 0.5) is 4.39 Å². The van der Waals surface area contributed by atoms with Gasteiger partial charge in [-0.2, -0.15) is 5.10 Å². The molecule has 1 aromatic heterocycles. The Kier molecular flexibility index (Phi) is 7.12. The fourth-order valence-electron chi connectivity index (χ4n) is 5.45. The zero-order valence-corrected chi connectivity index (χ0v) is 21.3. The molecule has 0 saturated carbocycles. The number of aromatic amines is 1. The van der Waals surface area contributed by atoms with E-state index in [0.29, 0.717) is 5.56 Å². The van der Waals surface area contributed by atoms with E-state index in [2.05, 4.69) is 74.6 Å². The van der Waals surface area contributed by atoms with Gasteiger partial charge in [0.15, 0.2) is 0 Å². The number of benzene rings is 4. The molecular formula is C33H31FN4. The molecule has 4 aromatic carbocycles. The summed E-state index contributed by atoms with van der Waals surface area (Å²) in [6.45, 7) is 4.80. The van der Waals surface area contributed by atoms with Gasteiger partial charge in [-0.1, -0.05) is 91.0 Å². The van der Waals surface area contributed by atoms with Crippen molar-refractivity contribution in [3.63, 3.8) is 0 Å². The van der Waals surface area contributed by atoms with Crippen molar-refractivity contribution >= 4 is 0 Å². The fraction of sp³-hybridized carbons (Fsp3) is 0.182. The van der Waals surface area contributed by atoms with E-state index in [0.717, 1.165) is 60.5 Å². The summed E-state index contributed by atoms with van der Waals surface area (Å²) < 4.78 is 15.1. The van der Waals surface area contributed by atoms with Gasteiger partial charge in [0, 0.05) is 50.0 Å². The number of hydrogen-bond donors (Lipinski definition) is 1. The van der Waals surface area contributed by atoms with Crippen LogP contribution in [0.25, 0.3) is 22.3 Å². The van der Waals surface area contributed by atoms with E-state index in [-0.39, 0.29) is 11.9 Å². The average molecular weight is 503 g/mol. The summed E-state index contributed by atoms with van der Waals surface area (Å²) in [7, 11) is 0. The second-order valence-corrected chi connectivity index (χ2v) is 9.91. The number of H-pyrrole nitrogens is 1. The molecule has 0 spiro atoms. The SMILES string of the molecule is Fc1ccc(C(c2cn[nH]c2)N2CCN(Cc3ccccc3)CC2)cc1-c1ccc(-c2ccccc2)cc1. The third-order valence-corrected chi connectivity index (χ3v) is 7.47. The van der Waals surface area contributed by atoms with Crippen LogP contribution in [0.5, 0.6) is 0 Å². The number of hydrogen-bond acceptors (Lipinski definition) is 3. The summed E-state index contributed by atoms with van der Waals surface area (Å²) in [5.74, 6) is -0.208. The normalized spacial score (nSPS) is 15.4. The lowest BCUT2D eigenvalue weighted by Gasteiger charge is -2.39. The van der Waals surface area contributed by atoms with Gasteiger partial charge in [-0.15, -0.1) is 0 Å². The fourth-order valence-corrected chi connectivity index (χ4v) is 5.45. The molecule has 38 heavy (non-hydrogen) atoms. The van der Waals surface area contributed by atoms with E-state index in [1.807, 2.05) is 54.9 Å². The molecule has 1 N–H and O–H groups in total. The van der Waals surface area contributed by atoms with Crippen molar-refractivity contribution < 1.29 is 4.39 Å². The minimum atomic E-state index is -0.208. The first-order valence-corrected chi connectivity index (χ1v) is 13.2. The number of nitrogens with zero attached hydrogens (tertiary/aromatic N) is 3. The molecular weight excluding hydrogens is 471 g/mol. The zero-order valence-electron chi connectivity index (χ0n) is 21.3. The predicted molar refractivity (Wildman–Crippen MR) is 151 cm³/mol. The summed E-state index contributed by atoms with van der Waals surface area (Å²) in [5.41, 5.74) is 7.29. The molecule has 1 saturated heterocycles. The van der Waals surface area contributed by atoms with Crippen molar-refractivity contribution in [2.45, 2.75) is 12.6 Å². The van der Waals surface area contributed by atoms with E-state index < -0.39 is 0 Å². The van der Waals surface area contributed by atoms with E-state index in [1.54, 1.807) is 6.07 Å². The Hall–Kier alpha value is -4.06. The summed E-state index contributed by atoms with van der Waals surface area (Å²) in [4.78, 5) is 4.99. The minimum absolute atomic E-state index is 0.00978. The molecule has 0 radical (unpaired) electrons. The first kappa shape index (κ1) is 24.3. The maximum absolute atomic E-state index is 15.1. The number of halogens is 1. The first-order valence-electron chi connectivity index (χ1n) is 13.2. The Balaban J connectivity index is 1.25. The van der Waals surface area contributed by atoms with Gasteiger partial charge in [-0.25, -0.2) is 4.39 Å². The van der Waals surface area contributed by atoms with Crippen LogP contribution in [0.3, 0.4) is 0 Å². The van der Waals surface area contributed by atoms with Crippen molar-refractivity contribution in [1.82, 2.24) is 20.0 Å². The van der Waals surface area contributed by atoms with E-state index in [4.69, 9.17) is 0 Å². The molecule has 4 nitrogen and oxygen atoms in total. The maximum atomic E-state index is 15.1. The van der Waals surface area contributed by atoms with Gasteiger partial charge < -0.3 is 0 Å². The molecule has 1 aliphatic heterocycles. The van der Waals surface area contributed by atoms with Gasteiger partial charge in [0.1, 0.15) is 5.82 Å². The van der Waals surface area contributed by atoms with Crippen molar-refractivity contribution in [2.24, 2.45) is 0 Å². The van der Waals surface area contributed by atoms with Gasteiger partial charge >= 0.3 is 0 Å². The maximum Gasteiger partial charge on any atom is 0.131 e. The topological polar surface area (TPSA) is 35.2 Å². The van der Waals surface area contributed by atoms with Crippen molar-refractivity contribution in [2.75, 3.05) is 26.2 Å². The van der Waals surface area contributed by atoms with Gasteiger partial charge in [-0.3, -0.25) is 14.9 Å². The Morgan fingerprint density at radius 2 is 1.37 bits per heavy atom. The second-order valence-electron chi connectivity index (χ2n) is 9.91. The summed E-state index contributed by atoms with van der Waals surface area (Å²) >= 11 is 0. The Bertz CT molecular complexity index is 1440. The molecule has 190 valence electrons. The van der Waals surface area contributed by atoms with Crippen LogP contribution in [0.15, 0.2) is 116 Å². The van der Waals surface area contributed by atoms with Gasteiger partial charge in [-0.05, 0) is 39.9 Å². The first-order chi connectivity index (χ1) is 18.7. The second kappa shape index (κ2) is 11.1. The highest BCUT2D eigenvalue weighted by Crippen LogP contribution is 2.34. The smallest absolute Gasteiger partial charge is 0.131 e. The molecule has 6 rings (SSSR count). The van der Waals surface area contributed by atoms with E-state index in [9.17, 15) is 0 Å². The Labute approximate surface area is 223 Å².